The van der Waals surface area contributed by atoms with Crippen molar-refractivity contribution in [3.63, 3.8) is 0 Å². The maximum absolute atomic E-state index is 12.4. The molecule has 0 unspecified atom stereocenters. The monoisotopic (exact) mass is 541 g/mol. The molecule has 0 radical (unpaired) electrons. The Bertz CT molecular complexity index is 1060. The average molecular weight is 542 g/mol. The van der Waals surface area contributed by atoms with E-state index in [1.807, 2.05) is 5.38 Å². The Kier molecular flexibility index (Phi) is 13.2. The van der Waals surface area contributed by atoms with E-state index in [0.717, 1.165) is 11.4 Å². The van der Waals surface area contributed by atoms with Crippen LogP contribution in [0.25, 0.3) is 0 Å². The summed E-state index contributed by atoms with van der Waals surface area (Å²) in [6, 6.07) is 3.23. The van der Waals surface area contributed by atoms with Crippen molar-refractivity contribution in [1.82, 2.24) is 10.3 Å². The molecule has 0 aliphatic rings. The van der Waals surface area contributed by atoms with Gasteiger partial charge in [-0.3, -0.25) is 4.79 Å². The molecule has 2 rings (SSSR count). The largest absolute Gasteiger partial charge is 0.493 e. The number of carbonyl (C=O) groups is 3. The Morgan fingerprint density at radius 1 is 1.08 bits per heavy atom. The minimum absolute atomic E-state index is 0.0111. The molecule has 0 saturated heterocycles. The quantitative estimate of drug-likeness (QED) is 0.112. The highest BCUT2D eigenvalue weighted by atomic mass is 32.2. The fourth-order valence-corrected chi connectivity index (χ4v) is 3.95. The predicted molar refractivity (Wildman–Crippen MR) is 137 cm³/mol. The Balaban J connectivity index is 0.000000697. The number of nitrogens with zero attached hydrogens (tertiary/aromatic N) is 2. The van der Waals surface area contributed by atoms with Crippen LogP contribution >= 0.6 is 23.1 Å². The third-order valence-corrected chi connectivity index (χ3v) is 5.62. The number of carboxylic acids is 2. The molecule has 2 aromatic rings. The first-order chi connectivity index (χ1) is 17.1. The van der Waals surface area contributed by atoms with Crippen LogP contribution in [0.3, 0.4) is 0 Å². The fourth-order valence-electron chi connectivity index (χ4n) is 2.39. The van der Waals surface area contributed by atoms with Crippen molar-refractivity contribution in [2.45, 2.75) is 5.75 Å². The molecule has 15 heteroatoms. The van der Waals surface area contributed by atoms with E-state index in [0.29, 0.717) is 52.4 Å². The molecular formula is C21H27N5O8S2. The number of benzene rings is 1. The number of carboxylic acid groups (broad SMARTS) is 2. The van der Waals surface area contributed by atoms with Crippen LogP contribution < -0.4 is 31.0 Å². The number of methoxy groups -OCH3 is 3. The van der Waals surface area contributed by atoms with Gasteiger partial charge < -0.3 is 41.2 Å². The maximum Gasteiger partial charge on any atom is 0.328 e. The molecule has 1 heterocycles. The van der Waals surface area contributed by atoms with E-state index in [2.05, 4.69) is 15.3 Å². The molecule has 0 bridgehead atoms. The summed E-state index contributed by atoms with van der Waals surface area (Å²) in [5.74, 6) is -0.00291. The lowest BCUT2D eigenvalue weighted by molar-refractivity contribution is -0.134. The number of rotatable bonds is 12. The minimum atomic E-state index is -1.26. The van der Waals surface area contributed by atoms with E-state index in [1.165, 1.54) is 32.7 Å². The highest BCUT2D eigenvalue weighted by Crippen LogP contribution is 2.38. The van der Waals surface area contributed by atoms with Gasteiger partial charge in [-0.15, -0.1) is 11.3 Å². The highest BCUT2D eigenvalue weighted by Gasteiger charge is 2.16. The van der Waals surface area contributed by atoms with Gasteiger partial charge in [-0.2, -0.15) is 16.8 Å². The second kappa shape index (κ2) is 15.8. The van der Waals surface area contributed by atoms with Crippen LogP contribution in [0.2, 0.25) is 0 Å². The first kappa shape index (κ1) is 30.1. The first-order valence-electron chi connectivity index (χ1n) is 9.95. The van der Waals surface area contributed by atoms with Crippen molar-refractivity contribution in [3.05, 3.63) is 40.9 Å². The Labute approximate surface area is 215 Å². The summed E-state index contributed by atoms with van der Waals surface area (Å²) in [4.78, 5) is 39.7. The zero-order valence-corrected chi connectivity index (χ0v) is 21.4. The summed E-state index contributed by atoms with van der Waals surface area (Å²) in [7, 11) is 4.53. The number of nitrogens with two attached hydrogens (primary N) is 2. The molecular weight excluding hydrogens is 514 g/mol. The number of guanidine groups is 1. The van der Waals surface area contributed by atoms with Crippen LogP contribution in [0.4, 0.5) is 5.13 Å². The number of hydrogen-bond donors (Lipinski definition) is 5. The molecule has 0 fully saturated rings. The lowest BCUT2D eigenvalue weighted by Crippen LogP contribution is -2.25. The van der Waals surface area contributed by atoms with Crippen LogP contribution in [0, 0.1) is 0 Å². The van der Waals surface area contributed by atoms with Gasteiger partial charge in [0, 0.05) is 41.1 Å². The van der Waals surface area contributed by atoms with Crippen LogP contribution in [-0.2, 0) is 15.3 Å². The normalized spacial score (nSPS) is 10.1. The molecule has 0 atom stereocenters. The van der Waals surface area contributed by atoms with Crippen LogP contribution in [0.5, 0.6) is 17.2 Å². The number of aliphatic imine (C=N–C) groups is 1. The van der Waals surface area contributed by atoms with Crippen molar-refractivity contribution in [2.24, 2.45) is 16.5 Å². The number of thioether (sulfide) groups is 1. The van der Waals surface area contributed by atoms with Gasteiger partial charge in [0.25, 0.3) is 5.91 Å². The van der Waals surface area contributed by atoms with Crippen molar-refractivity contribution in [3.8, 4) is 17.2 Å². The van der Waals surface area contributed by atoms with Gasteiger partial charge in [0.2, 0.25) is 10.9 Å². The lowest BCUT2D eigenvalue weighted by atomic mass is 10.1. The van der Waals surface area contributed by atoms with Crippen molar-refractivity contribution in [1.29, 1.82) is 0 Å². The molecule has 196 valence electrons. The third-order valence-electron chi connectivity index (χ3n) is 3.84. The Morgan fingerprint density at radius 3 is 2.14 bits per heavy atom. The summed E-state index contributed by atoms with van der Waals surface area (Å²) in [5.41, 5.74) is 12.0. The number of amides is 1. The molecule has 0 aliphatic heterocycles. The van der Waals surface area contributed by atoms with Crippen LogP contribution in [-0.4, -0.2) is 72.6 Å². The number of hydrogen-bond acceptors (Lipinski definition) is 10. The van der Waals surface area contributed by atoms with Crippen molar-refractivity contribution < 1.29 is 38.8 Å². The van der Waals surface area contributed by atoms with E-state index >= 15 is 0 Å². The van der Waals surface area contributed by atoms with E-state index in [4.69, 9.17) is 35.9 Å². The van der Waals surface area contributed by atoms with E-state index in [-0.39, 0.29) is 11.9 Å². The lowest BCUT2D eigenvalue weighted by Gasteiger charge is -2.14. The maximum atomic E-state index is 12.4. The summed E-state index contributed by atoms with van der Waals surface area (Å²) in [6.07, 6.45) is 1.12. The predicted octanol–water partition coefficient (Wildman–Crippen LogP) is 1.45. The number of aromatic nitrogens is 1. The number of nitrogens with one attached hydrogen (secondary N) is 1. The molecule has 0 spiro atoms. The van der Waals surface area contributed by atoms with Gasteiger partial charge in [-0.05, 0) is 12.1 Å². The van der Waals surface area contributed by atoms with Gasteiger partial charge >= 0.3 is 11.9 Å². The number of ether oxygens (including phenoxy) is 3. The van der Waals surface area contributed by atoms with Gasteiger partial charge in [-0.25, -0.2) is 14.6 Å². The highest BCUT2D eigenvalue weighted by molar-refractivity contribution is 7.98. The average Bonchev–Trinajstić information content (AvgIpc) is 3.28. The van der Waals surface area contributed by atoms with E-state index in [1.54, 1.807) is 23.9 Å². The standard InChI is InChI=1S/C17H23N5O4S2.C4H4O4/c1-24-12-6-10(7-13(25-2)14(12)26-3)15(23)20-4-5-27-8-11-9-28-17(21-11)22-16(18)19;5-3(6)1-2-4(7)8/h6-7,9H,4-5,8H2,1-3H3,(H,20,23)(H4,18,19,21,22);1-2H,(H,5,6)(H,7,8). The smallest absolute Gasteiger partial charge is 0.328 e. The van der Waals surface area contributed by atoms with Gasteiger partial charge in [0.1, 0.15) is 0 Å². The Hall–Kier alpha value is -3.98. The second-order valence-electron chi connectivity index (χ2n) is 6.39. The second-order valence-corrected chi connectivity index (χ2v) is 8.33. The molecule has 13 nitrogen and oxygen atoms in total. The molecule has 7 N–H and O–H groups in total. The Morgan fingerprint density at radius 2 is 1.67 bits per heavy atom. The minimum Gasteiger partial charge on any atom is -0.493 e. The zero-order valence-electron chi connectivity index (χ0n) is 19.7. The number of thiazole rings is 1. The van der Waals surface area contributed by atoms with Gasteiger partial charge in [0.15, 0.2) is 17.5 Å². The number of aliphatic carboxylic acids is 2. The van der Waals surface area contributed by atoms with Crippen LogP contribution in [0.1, 0.15) is 16.1 Å². The third kappa shape index (κ3) is 11.0. The molecule has 36 heavy (non-hydrogen) atoms. The topological polar surface area (TPSA) is 209 Å². The van der Waals surface area contributed by atoms with E-state index < -0.39 is 11.9 Å². The first-order valence-corrected chi connectivity index (χ1v) is 12.0. The van der Waals surface area contributed by atoms with Gasteiger partial charge in [-0.1, -0.05) is 0 Å². The van der Waals surface area contributed by atoms with Crippen molar-refractivity contribution in [2.75, 3.05) is 33.6 Å². The molecule has 0 aliphatic carbocycles. The summed E-state index contributed by atoms with van der Waals surface area (Å²) >= 11 is 3.02. The fraction of sp³-hybridized carbons (Fsp3) is 0.286. The summed E-state index contributed by atoms with van der Waals surface area (Å²) in [6.45, 7) is 0.505. The zero-order chi connectivity index (χ0) is 27.1. The van der Waals surface area contributed by atoms with Crippen LogP contribution in [0.15, 0.2) is 34.7 Å². The summed E-state index contributed by atoms with van der Waals surface area (Å²) < 4.78 is 15.8. The summed E-state index contributed by atoms with van der Waals surface area (Å²) in [5, 5.41) is 20.9. The van der Waals surface area contributed by atoms with E-state index in [9.17, 15) is 14.4 Å². The molecule has 1 amide bonds. The molecule has 1 aromatic carbocycles. The molecule has 0 saturated carbocycles. The SMILES string of the molecule is COc1cc(C(=O)NCCSCc2csc(N=C(N)N)n2)cc(OC)c1OC.O=C(O)C=CC(=O)O. The molecule has 1 aromatic heterocycles. The van der Waals surface area contributed by atoms with Crippen molar-refractivity contribution >= 4 is 52.0 Å². The van der Waals surface area contributed by atoms with Gasteiger partial charge in [0.05, 0.1) is 27.0 Å². The number of carbonyl (C=O) groups excluding carboxylic acids is 1.